The Bertz CT molecular complexity index is 623. The van der Waals surface area contributed by atoms with E-state index in [0.29, 0.717) is 11.4 Å². The van der Waals surface area contributed by atoms with Crippen molar-refractivity contribution in [2.24, 2.45) is 0 Å². The molecule has 0 radical (unpaired) electrons. The Hall–Kier alpha value is -2.17. The lowest BCUT2D eigenvalue weighted by atomic mass is 10.1. The summed E-state index contributed by atoms with van der Waals surface area (Å²) in [6, 6.07) is 4.78. The van der Waals surface area contributed by atoms with E-state index in [9.17, 15) is 4.39 Å². The molecule has 2 rings (SSSR count). The molecule has 20 heavy (non-hydrogen) atoms. The molecular weight excluding hydrogens is 259 g/mol. The van der Waals surface area contributed by atoms with Gasteiger partial charge in [0.15, 0.2) is 11.6 Å². The van der Waals surface area contributed by atoms with Gasteiger partial charge in [0.1, 0.15) is 11.5 Å². The lowest BCUT2D eigenvalue weighted by Gasteiger charge is -2.17. The second kappa shape index (κ2) is 5.45. The van der Waals surface area contributed by atoms with Crippen LogP contribution in [-0.2, 0) is 0 Å². The van der Waals surface area contributed by atoms with Gasteiger partial charge in [0.2, 0.25) is 0 Å². The van der Waals surface area contributed by atoms with Crippen molar-refractivity contribution in [3.63, 3.8) is 0 Å². The average Bonchev–Trinajstić information content (AvgIpc) is 2.71. The number of nitrogens with two attached hydrogens (primary N) is 1. The maximum atomic E-state index is 13.5. The van der Waals surface area contributed by atoms with E-state index in [1.165, 1.54) is 13.2 Å². The molecule has 108 valence electrons. The first-order valence-corrected chi connectivity index (χ1v) is 6.39. The van der Waals surface area contributed by atoms with Crippen LogP contribution < -0.4 is 15.8 Å². The summed E-state index contributed by atoms with van der Waals surface area (Å²) in [6.45, 7) is 5.81. The second-order valence-electron chi connectivity index (χ2n) is 4.81. The van der Waals surface area contributed by atoms with Crippen molar-refractivity contribution in [2.75, 3.05) is 18.2 Å². The monoisotopic (exact) mass is 278 g/mol. The summed E-state index contributed by atoms with van der Waals surface area (Å²) in [5.41, 5.74) is 7.85. The molecule has 5 heteroatoms. The van der Waals surface area contributed by atoms with E-state index in [0.717, 1.165) is 17.1 Å². The molecule has 0 fully saturated rings. The first-order chi connectivity index (χ1) is 9.42. The van der Waals surface area contributed by atoms with Gasteiger partial charge in [-0.15, -0.1) is 0 Å². The highest BCUT2D eigenvalue weighted by molar-refractivity contribution is 5.69. The maximum absolute atomic E-state index is 13.5. The smallest absolute Gasteiger partial charge is 0.167 e. The van der Waals surface area contributed by atoms with E-state index in [1.807, 2.05) is 26.8 Å². The van der Waals surface area contributed by atoms with E-state index >= 15 is 0 Å². The van der Waals surface area contributed by atoms with Gasteiger partial charge in [-0.1, -0.05) is 0 Å². The highest BCUT2D eigenvalue weighted by Gasteiger charge is 2.15. The molecule has 0 aliphatic heterocycles. The summed E-state index contributed by atoms with van der Waals surface area (Å²) in [6.07, 6.45) is 0. The maximum Gasteiger partial charge on any atom is 0.167 e. The number of anilines is 2. The fourth-order valence-electron chi connectivity index (χ4n) is 2.24. The number of halogens is 1. The number of aryl methyl sites for hydroxylation is 2. The van der Waals surface area contributed by atoms with Crippen molar-refractivity contribution in [2.45, 2.75) is 26.8 Å². The highest BCUT2D eigenvalue weighted by atomic mass is 19.1. The third-order valence-electron chi connectivity index (χ3n) is 3.24. The Kier molecular flexibility index (Phi) is 3.88. The Morgan fingerprint density at radius 3 is 2.55 bits per heavy atom. The zero-order valence-corrected chi connectivity index (χ0v) is 12.1. The molecule has 2 aromatic rings. The van der Waals surface area contributed by atoms with Crippen molar-refractivity contribution >= 4 is 11.4 Å². The lowest BCUT2D eigenvalue weighted by molar-refractivity contribution is 0.387. The van der Waals surface area contributed by atoms with Gasteiger partial charge >= 0.3 is 0 Å². The minimum absolute atomic E-state index is 0.00934. The molecule has 1 atom stereocenters. The third kappa shape index (κ3) is 2.71. The predicted octanol–water partition coefficient (Wildman–Crippen LogP) is 3.80. The van der Waals surface area contributed by atoms with Crippen LogP contribution in [-0.4, -0.2) is 7.11 Å². The van der Waals surface area contributed by atoms with Crippen LogP contribution in [0.3, 0.4) is 0 Å². The summed E-state index contributed by atoms with van der Waals surface area (Å²) >= 11 is 0. The van der Waals surface area contributed by atoms with Crippen LogP contribution in [0.5, 0.6) is 5.75 Å². The van der Waals surface area contributed by atoms with E-state index < -0.39 is 5.82 Å². The molecule has 0 bridgehead atoms. The first-order valence-electron chi connectivity index (χ1n) is 6.39. The number of hydrogen-bond donors (Lipinski definition) is 2. The Balaban J connectivity index is 2.27. The van der Waals surface area contributed by atoms with Crippen LogP contribution in [0.2, 0.25) is 0 Å². The summed E-state index contributed by atoms with van der Waals surface area (Å²) in [7, 11) is 1.42. The summed E-state index contributed by atoms with van der Waals surface area (Å²) in [4.78, 5) is 0. The van der Waals surface area contributed by atoms with Crippen molar-refractivity contribution in [3.8, 4) is 5.75 Å². The molecule has 1 heterocycles. The van der Waals surface area contributed by atoms with Gasteiger partial charge in [0.05, 0.1) is 24.5 Å². The van der Waals surface area contributed by atoms with E-state index in [2.05, 4.69) is 5.32 Å². The topological polar surface area (TPSA) is 60.4 Å². The predicted molar refractivity (Wildman–Crippen MR) is 77.6 cm³/mol. The van der Waals surface area contributed by atoms with Gasteiger partial charge in [-0.25, -0.2) is 4.39 Å². The van der Waals surface area contributed by atoms with Crippen LogP contribution in [0.15, 0.2) is 22.6 Å². The highest BCUT2D eigenvalue weighted by Crippen LogP contribution is 2.32. The zero-order chi connectivity index (χ0) is 14.9. The fourth-order valence-corrected chi connectivity index (χ4v) is 2.24. The van der Waals surface area contributed by atoms with Gasteiger partial charge in [0.25, 0.3) is 0 Å². The molecule has 0 amide bonds. The molecule has 0 aliphatic rings. The zero-order valence-electron chi connectivity index (χ0n) is 12.1. The van der Waals surface area contributed by atoms with Crippen molar-refractivity contribution in [1.29, 1.82) is 0 Å². The number of methoxy groups -OCH3 is 1. The minimum Gasteiger partial charge on any atom is -0.494 e. The number of ether oxygens (including phenoxy) is 1. The van der Waals surface area contributed by atoms with Crippen molar-refractivity contribution in [1.82, 2.24) is 0 Å². The SMILES string of the molecule is COc1cc(NC(C)c2cc(C)oc2C)c(N)cc1F. The molecule has 1 aromatic carbocycles. The molecule has 0 spiro atoms. The van der Waals surface area contributed by atoms with Crippen molar-refractivity contribution < 1.29 is 13.5 Å². The Labute approximate surface area is 117 Å². The normalized spacial score (nSPS) is 12.2. The number of benzene rings is 1. The molecule has 0 saturated carbocycles. The number of nitrogens with one attached hydrogen (secondary N) is 1. The lowest BCUT2D eigenvalue weighted by Crippen LogP contribution is -2.09. The Morgan fingerprint density at radius 1 is 1.30 bits per heavy atom. The van der Waals surface area contributed by atoms with Crippen molar-refractivity contribution in [3.05, 3.63) is 41.1 Å². The standard InChI is InChI=1S/C15H19FN2O2/c1-8-5-11(10(3)20-8)9(2)18-14-7-15(19-4)12(16)6-13(14)17/h5-7,9,18H,17H2,1-4H3. The summed E-state index contributed by atoms with van der Waals surface area (Å²) < 4.78 is 24.0. The van der Waals surface area contributed by atoms with E-state index in [1.54, 1.807) is 6.07 Å². The Morgan fingerprint density at radius 2 is 2.00 bits per heavy atom. The second-order valence-corrected chi connectivity index (χ2v) is 4.81. The third-order valence-corrected chi connectivity index (χ3v) is 3.24. The van der Waals surface area contributed by atoms with E-state index in [-0.39, 0.29) is 11.8 Å². The summed E-state index contributed by atoms with van der Waals surface area (Å²) in [5, 5.41) is 3.25. The quantitative estimate of drug-likeness (QED) is 0.835. The molecule has 1 aromatic heterocycles. The van der Waals surface area contributed by atoms with Crippen LogP contribution >= 0.6 is 0 Å². The van der Waals surface area contributed by atoms with Gasteiger partial charge in [-0.3, -0.25) is 0 Å². The van der Waals surface area contributed by atoms with Gasteiger partial charge in [-0.05, 0) is 26.8 Å². The molecule has 0 aliphatic carbocycles. The number of furan rings is 1. The van der Waals surface area contributed by atoms with Gasteiger partial charge in [0, 0.05) is 17.7 Å². The number of rotatable bonds is 4. The largest absolute Gasteiger partial charge is 0.494 e. The number of hydrogen-bond acceptors (Lipinski definition) is 4. The number of nitrogen functional groups attached to an aromatic ring is 1. The minimum atomic E-state index is -0.474. The molecule has 4 nitrogen and oxygen atoms in total. The fraction of sp³-hybridized carbons (Fsp3) is 0.333. The molecule has 1 unspecified atom stereocenters. The molecular formula is C15H19FN2O2. The summed E-state index contributed by atoms with van der Waals surface area (Å²) in [5.74, 6) is 1.40. The molecule has 0 saturated heterocycles. The van der Waals surface area contributed by atoms with Crippen LogP contribution in [0.4, 0.5) is 15.8 Å². The first kappa shape index (κ1) is 14.2. The van der Waals surface area contributed by atoms with Crippen LogP contribution in [0.1, 0.15) is 30.0 Å². The average molecular weight is 278 g/mol. The molecule has 3 N–H and O–H groups in total. The van der Waals surface area contributed by atoms with Crippen LogP contribution in [0, 0.1) is 19.7 Å². The van der Waals surface area contributed by atoms with Gasteiger partial charge < -0.3 is 20.2 Å². The van der Waals surface area contributed by atoms with Gasteiger partial charge in [-0.2, -0.15) is 0 Å². The van der Waals surface area contributed by atoms with Crippen LogP contribution in [0.25, 0.3) is 0 Å². The van der Waals surface area contributed by atoms with E-state index in [4.69, 9.17) is 14.9 Å².